The molecule has 0 radical (unpaired) electrons. The number of carbonyl (C=O) groups is 1. The number of nitrogens with one attached hydrogen (secondary N) is 2. The SMILES string of the molecule is O=C(NN=C1CC[NH+](Cc2ccccc2)CC1)[C@@H](O)c1ccccc1. The van der Waals surface area contributed by atoms with E-state index in [2.05, 4.69) is 34.8 Å². The van der Waals surface area contributed by atoms with Crippen molar-refractivity contribution in [2.45, 2.75) is 25.5 Å². The van der Waals surface area contributed by atoms with Crippen LogP contribution >= 0.6 is 0 Å². The zero-order chi connectivity index (χ0) is 17.5. The first kappa shape index (κ1) is 17.3. The van der Waals surface area contributed by atoms with Gasteiger partial charge in [0.15, 0.2) is 6.10 Å². The smallest absolute Gasteiger partial charge is 0.273 e. The molecule has 5 nitrogen and oxygen atoms in total. The van der Waals surface area contributed by atoms with Crippen LogP contribution < -0.4 is 10.3 Å². The number of nitrogens with zero attached hydrogens (tertiary/aromatic N) is 1. The summed E-state index contributed by atoms with van der Waals surface area (Å²) in [5.41, 5.74) is 5.41. The Bertz CT molecular complexity index is 706. The van der Waals surface area contributed by atoms with E-state index in [1.165, 1.54) is 10.5 Å². The predicted octanol–water partition coefficient (Wildman–Crippen LogP) is 1.07. The Morgan fingerprint density at radius 2 is 1.64 bits per heavy atom. The molecular formula is C20H24N3O2+. The van der Waals surface area contributed by atoms with Gasteiger partial charge in [-0.3, -0.25) is 4.79 Å². The zero-order valence-electron chi connectivity index (χ0n) is 14.2. The Labute approximate surface area is 148 Å². The molecule has 1 aliphatic rings. The fourth-order valence-electron chi connectivity index (χ4n) is 3.05. The van der Waals surface area contributed by atoms with Crippen molar-refractivity contribution in [1.29, 1.82) is 0 Å². The van der Waals surface area contributed by atoms with Crippen LogP contribution in [0.4, 0.5) is 0 Å². The monoisotopic (exact) mass is 338 g/mol. The molecule has 1 aliphatic heterocycles. The summed E-state index contributed by atoms with van der Waals surface area (Å²) >= 11 is 0. The quantitative estimate of drug-likeness (QED) is 0.714. The van der Waals surface area contributed by atoms with Crippen LogP contribution in [-0.4, -0.2) is 29.8 Å². The summed E-state index contributed by atoms with van der Waals surface area (Å²) in [6.45, 7) is 3.03. The molecule has 0 aliphatic carbocycles. The number of hydrazone groups is 1. The number of rotatable bonds is 5. The van der Waals surface area contributed by atoms with E-state index in [4.69, 9.17) is 0 Å². The molecule has 2 aromatic rings. The summed E-state index contributed by atoms with van der Waals surface area (Å²) in [5.74, 6) is -0.488. The highest BCUT2D eigenvalue weighted by molar-refractivity contribution is 5.88. The third kappa shape index (κ3) is 4.98. The fraction of sp³-hybridized carbons (Fsp3) is 0.300. The lowest BCUT2D eigenvalue weighted by Gasteiger charge is -2.24. The molecule has 3 N–H and O–H groups in total. The van der Waals surface area contributed by atoms with E-state index in [-0.39, 0.29) is 0 Å². The highest BCUT2D eigenvalue weighted by Gasteiger charge is 2.20. The van der Waals surface area contributed by atoms with Crippen molar-refractivity contribution in [2.24, 2.45) is 5.10 Å². The van der Waals surface area contributed by atoms with Crippen molar-refractivity contribution in [1.82, 2.24) is 5.43 Å². The van der Waals surface area contributed by atoms with Gasteiger partial charge in [-0.2, -0.15) is 5.10 Å². The van der Waals surface area contributed by atoms with Crippen molar-refractivity contribution < 1.29 is 14.8 Å². The van der Waals surface area contributed by atoms with E-state index in [0.717, 1.165) is 38.2 Å². The first-order valence-electron chi connectivity index (χ1n) is 8.68. The molecule has 5 heteroatoms. The molecule has 1 fully saturated rings. The second kappa shape index (κ2) is 8.55. The molecule has 1 heterocycles. The summed E-state index contributed by atoms with van der Waals surface area (Å²) in [6, 6.07) is 19.4. The Kier molecular flexibility index (Phi) is 5.93. The molecule has 1 atom stereocenters. The number of aliphatic hydroxyl groups excluding tert-OH is 1. The molecule has 0 unspecified atom stereocenters. The van der Waals surface area contributed by atoms with Crippen LogP contribution in [0.1, 0.15) is 30.1 Å². The molecule has 0 bridgehead atoms. The van der Waals surface area contributed by atoms with E-state index in [9.17, 15) is 9.90 Å². The number of aliphatic hydroxyl groups is 1. The van der Waals surface area contributed by atoms with Crippen molar-refractivity contribution in [3.63, 3.8) is 0 Å². The van der Waals surface area contributed by atoms with Crippen molar-refractivity contribution in [3.05, 3.63) is 71.8 Å². The fourth-order valence-corrected chi connectivity index (χ4v) is 3.05. The van der Waals surface area contributed by atoms with Gasteiger partial charge in [0.25, 0.3) is 5.91 Å². The van der Waals surface area contributed by atoms with Crippen LogP contribution in [0.2, 0.25) is 0 Å². The minimum absolute atomic E-state index is 0.488. The average Bonchev–Trinajstić information content (AvgIpc) is 2.68. The number of benzene rings is 2. The molecule has 0 spiro atoms. The third-order valence-corrected chi connectivity index (χ3v) is 4.52. The van der Waals surface area contributed by atoms with Crippen LogP contribution in [0.3, 0.4) is 0 Å². The summed E-state index contributed by atoms with van der Waals surface area (Å²) in [4.78, 5) is 13.5. The van der Waals surface area contributed by atoms with E-state index in [1.54, 1.807) is 24.3 Å². The van der Waals surface area contributed by atoms with Crippen molar-refractivity contribution >= 4 is 11.6 Å². The molecule has 130 valence electrons. The van der Waals surface area contributed by atoms with E-state index < -0.39 is 12.0 Å². The number of carbonyl (C=O) groups excluding carboxylic acids is 1. The van der Waals surface area contributed by atoms with Crippen LogP contribution in [-0.2, 0) is 11.3 Å². The Morgan fingerprint density at radius 3 is 2.28 bits per heavy atom. The average molecular weight is 338 g/mol. The van der Waals surface area contributed by atoms with Gasteiger partial charge in [0.05, 0.1) is 13.1 Å². The maximum atomic E-state index is 12.0. The maximum absolute atomic E-state index is 12.0. The van der Waals surface area contributed by atoms with Gasteiger partial charge in [-0.15, -0.1) is 0 Å². The molecule has 0 aromatic heterocycles. The van der Waals surface area contributed by atoms with Crippen molar-refractivity contribution in [3.8, 4) is 0 Å². The Hall–Kier alpha value is -2.50. The second-order valence-electron chi connectivity index (χ2n) is 6.38. The van der Waals surface area contributed by atoms with Gasteiger partial charge in [-0.1, -0.05) is 60.7 Å². The highest BCUT2D eigenvalue weighted by atomic mass is 16.3. The van der Waals surface area contributed by atoms with Gasteiger partial charge in [-0.05, 0) is 5.56 Å². The lowest BCUT2D eigenvalue weighted by Crippen LogP contribution is -3.11. The molecule has 2 aromatic carbocycles. The van der Waals surface area contributed by atoms with Crippen LogP contribution in [0.5, 0.6) is 0 Å². The molecule has 1 amide bonds. The Morgan fingerprint density at radius 1 is 1.04 bits per heavy atom. The summed E-state index contributed by atoms with van der Waals surface area (Å²) in [5, 5.41) is 14.3. The number of likely N-dealkylation sites (tertiary alicyclic amines) is 1. The van der Waals surface area contributed by atoms with E-state index in [0.29, 0.717) is 5.56 Å². The predicted molar refractivity (Wildman–Crippen MR) is 97.1 cm³/mol. The minimum Gasteiger partial charge on any atom is -0.378 e. The molecule has 1 saturated heterocycles. The van der Waals surface area contributed by atoms with Gasteiger partial charge in [0.2, 0.25) is 0 Å². The standard InChI is InChI=1S/C20H23N3O2/c24-19(17-9-5-2-6-10-17)20(25)22-21-18-11-13-23(14-12-18)15-16-7-3-1-4-8-16/h1-10,19,24H,11-15H2,(H,22,25)/p+1/t19-/m0/s1. The van der Waals surface area contributed by atoms with Gasteiger partial charge < -0.3 is 10.0 Å². The van der Waals surface area contributed by atoms with Gasteiger partial charge >= 0.3 is 0 Å². The molecule has 25 heavy (non-hydrogen) atoms. The van der Waals surface area contributed by atoms with E-state index >= 15 is 0 Å². The van der Waals surface area contributed by atoms with Crippen LogP contribution in [0.25, 0.3) is 0 Å². The largest absolute Gasteiger partial charge is 0.378 e. The zero-order valence-corrected chi connectivity index (χ0v) is 14.2. The first-order chi connectivity index (χ1) is 12.2. The second-order valence-corrected chi connectivity index (χ2v) is 6.38. The molecule has 3 rings (SSSR count). The summed E-state index contributed by atoms with van der Waals surface area (Å²) < 4.78 is 0. The maximum Gasteiger partial charge on any atom is 0.273 e. The Balaban J connectivity index is 1.47. The number of hydrogen-bond acceptors (Lipinski definition) is 3. The first-order valence-corrected chi connectivity index (χ1v) is 8.68. The molecular weight excluding hydrogens is 314 g/mol. The van der Waals surface area contributed by atoms with Crippen LogP contribution in [0.15, 0.2) is 65.8 Å². The summed E-state index contributed by atoms with van der Waals surface area (Å²) in [7, 11) is 0. The topological polar surface area (TPSA) is 66.1 Å². The minimum atomic E-state index is -1.19. The highest BCUT2D eigenvalue weighted by Crippen LogP contribution is 2.11. The number of amides is 1. The van der Waals surface area contributed by atoms with Gasteiger partial charge in [-0.25, -0.2) is 5.43 Å². The number of quaternary nitrogens is 1. The summed E-state index contributed by atoms with van der Waals surface area (Å²) in [6.07, 6.45) is 0.544. The van der Waals surface area contributed by atoms with Crippen LogP contribution in [0, 0.1) is 0 Å². The number of hydrogen-bond donors (Lipinski definition) is 3. The van der Waals surface area contributed by atoms with Gasteiger partial charge in [0, 0.05) is 24.1 Å². The molecule has 0 saturated carbocycles. The lowest BCUT2D eigenvalue weighted by atomic mass is 10.1. The normalized spacial score (nSPS) is 18.4. The van der Waals surface area contributed by atoms with E-state index in [1.807, 2.05) is 12.1 Å². The lowest BCUT2D eigenvalue weighted by molar-refractivity contribution is -0.914. The van der Waals surface area contributed by atoms with Crippen molar-refractivity contribution in [2.75, 3.05) is 13.1 Å². The van der Waals surface area contributed by atoms with Gasteiger partial charge in [0.1, 0.15) is 6.54 Å². The third-order valence-electron chi connectivity index (χ3n) is 4.52. The number of piperidine rings is 1.